The van der Waals surface area contributed by atoms with Gasteiger partial charge >= 0.3 is 0 Å². The van der Waals surface area contributed by atoms with Gasteiger partial charge in [-0.1, -0.05) is 18.2 Å². The zero-order valence-corrected chi connectivity index (χ0v) is 10.2. The molecule has 1 aromatic carbocycles. The number of carbonyl (C=O) groups excluding carboxylic acids is 1. The van der Waals surface area contributed by atoms with Gasteiger partial charge in [0.15, 0.2) is 0 Å². The Morgan fingerprint density at radius 3 is 2.41 bits per heavy atom. The fourth-order valence-electron chi connectivity index (χ4n) is 1.79. The van der Waals surface area contributed by atoms with Gasteiger partial charge in [0.2, 0.25) is 0 Å². The molecule has 0 bridgehead atoms. The Balaban J connectivity index is 2.27. The van der Waals surface area contributed by atoms with E-state index in [-0.39, 0.29) is 5.91 Å². The van der Waals surface area contributed by atoms with E-state index in [0.717, 1.165) is 16.9 Å². The highest BCUT2D eigenvalue weighted by molar-refractivity contribution is 6.04. The molecule has 2 aromatic rings. The lowest BCUT2D eigenvalue weighted by Crippen LogP contribution is -2.17. The highest BCUT2D eigenvalue weighted by atomic mass is 16.2. The van der Waals surface area contributed by atoms with Gasteiger partial charge in [-0.2, -0.15) is 5.10 Å². The lowest BCUT2D eigenvalue weighted by molar-refractivity contribution is 0.101. The van der Waals surface area contributed by atoms with Crippen molar-refractivity contribution in [3.8, 4) is 0 Å². The molecule has 1 aromatic heterocycles. The third kappa shape index (κ3) is 2.20. The molecule has 4 heteroatoms. The number of aryl methyl sites for hydroxylation is 2. The standard InChI is InChI=1S/C13H15N3O/c1-9-10(2)15-16(3)12(9)13(17)14-11-7-5-4-6-8-11/h4-8H,1-3H3,(H,14,17). The van der Waals surface area contributed by atoms with Crippen LogP contribution in [0.4, 0.5) is 5.69 Å². The fourth-order valence-corrected chi connectivity index (χ4v) is 1.79. The van der Waals surface area contributed by atoms with Gasteiger partial charge in [0.25, 0.3) is 5.91 Å². The Morgan fingerprint density at radius 1 is 1.24 bits per heavy atom. The molecule has 1 heterocycles. The van der Waals surface area contributed by atoms with E-state index in [9.17, 15) is 4.79 Å². The van der Waals surface area contributed by atoms with Gasteiger partial charge in [0.05, 0.1) is 5.69 Å². The molecule has 88 valence electrons. The van der Waals surface area contributed by atoms with Crippen LogP contribution in [0, 0.1) is 13.8 Å². The van der Waals surface area contributed by atoms with Crippen LogP contribution in [0.1, 0.15) is 21.7 Å². The molecule has 17 heavy (non-hydrogen) atoms. The monoisotopic (exact) mass is 229 g/mol. The number of para-hydroxylation sites is 1. The summed E-state index contributed by atoms with van der Waals surface area (Å²) in [6.45, 7) is 3.80. The summed E-state index contributed by atoms with van der Waals surface area (Å²) in [4.78, 5) is 12.1. The van der Waals surface area contributed by atoms with Crippen molar-refractivity contribution in [2.45, 2.75) is 13.8 Å². The average molecular weight is 229 g/mol. The van der Waals surface area contributed by atoms with Gasteiger partial charge < -0.3 is 5.32 Å². The number of anilines is 1. The lowest BCUT2D eigenvalue weighted by Gasteiger charge is -2.06. The van der Waals surface area contributed by atoms with Crippen molar-refractivity contribution in [1.82, 2.24) is 9.78 Å². The van der Waals surface area contributed by atoms with Crippen molar-refractivity contribution in [2.75, 3.05) is 5.32 Å². The van der Waals surface area contributed by atoms with Crippen molar-refractivity contribution in [2.24, 2.45) is 7.05 Å². The molecule has 0 aliphatic heterocycles. The molecule has 0 aliphatic carbocycles. The van der Waals surface area contributed by atoms with Gasteiger partial charge in [-0.05, 0) is 26.0 Å². The van der Waals surface area contributed by atoms with Crippen LogP contribution in [0.3, 0.4) is 0 Å². The summed E-state index contributed by atoms with van der Waals surface area (Å²) in [5.74, 6) is -0.128. The summed E-state index contributed by atoms with van der Waals surface area (Å²) in [5.41, 5.74) is 3.19. The summed E-state index contributed by atoms with van der Waals surface area (Å²) in [6.07, 6.45) is 0. The van der Waals surface area contributed by atoms with E-state index >= 15 is 0 Å². The number of nitrogens with zero attached hydrogens (tertiary/aromatic N) is 2. The van der Waals surface area contributed by atoms with Gasteiger partial charge in [-0.15, -0.1) is 0 Å². The van der Waals surface area contributed by atoms with Crippen LogP contribution in [0.15, 0.2) is 30.3 Å². The SMILES string of the molecule is Cc1nn(C)c(C(=O)Nc2ccccc2)c1C. The first-order valence-corrected chi connectivity index (χ1v) is 5.46. The first kappa shape index (κ1) is 11.4. The second kappa shape index (κ2) is 4.41. The maximum absolute atomic E-state index is 12.1. The van der Waals surface area contributed by atoms with Crippen molar-refractivity contribution in [3.05, 3.63) is 47.3 Å². The normalized spacial score (nSPS) is 10.3. The van der Waals surface area contributed by atoms with E-state index < -0.39 is 0 Å². The molecule has 0 saturated carbocycles. The third-order valence-corrected chi connectivity index (χ3v) is 2.77. The molecular weight excluding hydrogens is 214 g/mol. The molecule has 0 aliphatic rings. The molecular formula is C13H15N3O. The van der Waals surface area contributed by atoms with Crippen LogP contribution in [0.25, 0.3) is 0 Å². The third-order valence-electron chi connectivity index (χ3n) is 2.77. The summed E-state index contributed by atoms with van der Waals surface area (Å²) >= 11 is 0. The van der Waals surface area contributed by atoms with E-state index in [0.29, 0.717) is 5.69 Å². The largest absolute Gasteiger partial charge is 0.321 e. The van der Waals surface area contributed by atoms with Crippen LogP contribution in [0.5, 0.6) is 0 Å². The van der Waals surface area contributed by atoms with Crippen molar-refractivity contribution in [3.63, 3.8) is 0 Å². The molecule has 2 rings (SSSR count). The summed E-state index contributed by atoms with van der Waals surface area (Å²) < 4.78 is 1.61. The van der Waals surface area contributed by atoms with Crippen LogP contribution < -0.4 is 5.32 Å². The maximum atomic E-state index is 12.1. The topological polar surface area (TPSA) is 46.9 Å². The maximum Gasteiger partial charge on any atom is 0.274 e. The van der Waals surface area contributed by atoms with Crippen LogP contribution in [0.2, 0.25) is 0 Å². The summed E-state index contributed by atoms with van der Waals surface area (Å²) in [7, 11) is 1.78. The summed E-state index contributed by atoms with van der Waals surface area (Å²) in [6, 6.07) is 9.40. The number of nitrogens with one attached hydrogen (secondary N) is 1. The Kier molecular flexibility index (Phi) is 2.95. The molecule has 1 N–H and O–H groups in total. The van der Waals surface area contributed by atoms with Gasteiger partial charge in [0.1, 0.15) is 5.69 Å². The van der Waals surface area contributed by atoms with E-state index in [4.69, 9.17) is 0 Å². The van der Waals surface area contributed by atoms with E-state index in [1.54, 1.807) is 11.7 Å². The van der Waals surface area contributed by atoms with Crippen LogP contribution in [-0.2, 0) is 7.05 Å². The number of rotatable bonds is 2. The van der Waals surface area contributed by atoms with Crippen molar-refractivity contribution >= 4 is 11.6 Å². The Bertz CT molecular complexity index is 543. The molecule has 0 atom stereocenters. The highest BCUT2D eigenvalue weighted by Gasteiger charge is 2.16. The van der Waals surface area contributed by atoms with Crippen LogP contribution in [-0.4, -0.2) is 15.7 Å². The molecule has 0 saturated heterocycles. The molecule has 0 spiro atoms. The molecule has 1 amide bonds. The first-order chi connectivity index (χ1) is 8.09. The van der Waals surface area contributed by atoms with Crippen molar-refractivity contribution < 1.29 is 4.79 Å². The minimum atomic E-state index is -0.128. The lowest BCUT2D eigenvalue weighted by atomic mass is 10.2. The number of benzene rings is 1. The average Bonchev–Trinajstić information content (AvgIpc) is 2.54. The Labute approximate surface area is 100 Å². The van der Waals surface area contributed by atoms with Crippen molar-refractivity contribution in [1.29, 1.82) is 0 Å². The number of amides is 1. The number of hydrogen-bond acceptors (Lipinski definition) is 2. The van der Waals surface area contributed by atoms with E-state index in [1.165, 1.54) is 0 Å². The summed E-state index contributed by atoms with van der Waals surface area (Å²) in [5, 5.41) is 7.08. The second-order valence-corrected chi connectivity index (χ2v) is 4.00. The first-order valence-electron chi connectivity index (χ1n) is 5.46. The molecule has 0 radical (unpaired) electrons. The molecule has 4 nitrogen and oxygen atoms in total. The van der Waals surface area contributed by atoms with Gasteiger partial charge in [0, 0.05) is 18.3 Å². The zero-order valence-electron chi connectivity index (χ0n) is 10.2. The minimum absolute atomic E-state index is 0.128. The number of carbonyl (C=O) groups is 1. The van der Waals surface area contributed by atoms with E-state index in [1.807, 2.05) is 44.2 Å². The molecule has 0 unspecified atom stereocenters. The molecule has 0 fully saturated rings. The Hall–Kier alpha value is -2.10. The zero-order chi connectivity index (χ0) is 12.4. The fraction of sp³-hybridized carbons (Fsp3) is 0.231. The minimum Gasteiger partial charge on any atom is -0.321 e. The second-order valence-electron chi connectivity index (χ2n) is 4.00. The highest BCUT2D eigenvalue weighted by Crippen LogP contribution is 2.14. The van der Waals surface area contributed by atoms with E-state index in [2.05, 4.69) is 10.4 Å². The van der Waals surface area contributed by atoms with Gasteiger partial charge in [-0.25, -0.2) is 0 Å². The van der Waals surface area contributed by atoms with Gasteiger partial charge in [-0.3, -0.25) is 9.48 Å². The Morgan fingerprint density at radius 2 is 1.88 bits per heavy atom. The number of aromatic nitrogens is 2. The van der Waals surface area contributed by atoms with Crippen LogP contribution >= 0.6 is 0 Å². The predicted octanol–water partition coefficient (Wildman–Crippen LogP) is 2.29. The smallest absolute Gasteiger partial charge is 0.274 e. The quantitative estimate of drug-likeness (QED) is 0.858. The number of hydrogen-bond donors (Lipinski definition) is 1. The predicted molar refractivity (Wildman–Crippen MR) is 67.1 cm³/mol.